The Hall–Kier alpha value is -3.65. The second kappa shape index (κ2) is 11.0. The highest BCUT2D eigenvalue weighted by Gasteiger charge is 2.36. The van der Waals surface area contributed by atoms with Crippen LogP contribution < -0.4 is 15.0 Å². The number of hydrogen-bond acceptors (Lipinski definition) is 5. The van der Waals surface area contributed by atoms with Crippen LogP contribution in [0.4, 0.5) is 11.4 Å². The highest BCUT2D eigenvalue weighted by Crippen LogP contribution is 2.29. The molecule has 1 aliphatic rings. The summed E-state index contributed by atoms with van der Waals surface area (Å²) in [6.45, 7) is 5.60. The number of amides is 2. The van der Waals surface area contributed by atoms with Crippen molar-refractivity contribution < 1.29 is 23.9 Å². The fourth-order valence-corrected chi connectivity index (χ4v) is 4.37. The lowest BCUT2D eigenvalue weighted by Gasteiger charge is -2.17. The lowest BCUT2D eigenvalue weighted by atomic mass is 10.1. The highest BCUT2D eigenvalue weighted by atomic mass is 79.9. The van der Waals surface area contributed by atoms with E-state index >= 15 is 0 Å². The van der Waals surface area contributed by atoms with Crippen LogP contribution >= 0.6 is 15.9 Å². The topological polar surface area (TPSA) is 84.9 Å². The van der Waals surface area contributed by atoms with Crippen LogP contribution in [0.25, 0.3) is 0 Å². The molecule has 1 N–H and O–H groups in total. The predicted octanol–water partition coefficient (Wildman–Crippen LogP) is 5.70. The average Bonchev–Trinajstić information content (AvgIpc) is 3.24. The summed E-state index contributed by atoms with van der Waals surface area (Å²) in [6, 6.07) is 18.6. The monoisotopic (exact) mass is 550 g/mol. The maximum Gasteiger partial charge on any atom is 0.311 e. The Labute approximate surface area is 218 Å². The summed E-state index contributed by atoms with van der Waals surface area (Å²) in [5, 5.41) is 2.77. The Morgan fingerprint density at radius 2 is 1.61 bits per heavy atom. The molecule has 0 aromatic heterocycles. The van der Waals surface area contributed by atoms with E-state index in [0.29, 0.717) is 17.1 Å². The lowest BCUT2D eigenvalue weighted by molar-refractivity contribution is -0.151. The van der Waals surface area contributed by atoms with Gasteiger partial charge in [-0.1, -0.05) is 33.6 Å². The zero-order valence-electron chi connectivity index (χ0n) is 20.3. The van der Waals surface area contributed by atoms with Gasteiger partial charge in [-0.3, -0.25) is 14.4 Å². The van der Waals surface area contributed by atoms with E-state index < -0.39 is 24.4 Å². The third-order valence-corrected chi connectivity index (χ3v) is 6.84. The molecule has 0 aliphatic carbocycles. The number of nitrogens with one attached hydrogen (secondary N) is 1. The van der Waals surface area contributed by atoms with Crippen LogP contribution in [0.5, 0.6) is 11.5 Å². The number of aryl methyl sites for hydroxylation is 3. The third-order valence-electron chi connectivity index (χ3n) is 5.99. The maximum absolute atomic E-state index is 12.6. The molecule has 1 heterocycles. The van der Waals surface area contributed by atoms with E-state index in [1.54, 1.807) is 29.2 Å². The first kappa shape index (κ1) is 25.4. The molecule has 1 saturated heterocycles. The van der Waals surface area contributed by atoms with Gasteiger partial charge in [0.1, 0.15) is 11.5 Å². The molecule has 36 heavy (non-hydrogen) atoms. The van der Waals surface area contributed by atoms with E-state index in [4.69, 9.17) is 9.47 Å². The van der Waals surface area contributed by atoms with Crippen molar-refractivity contribution in [1.29, 1.82) is 0 Å². The molecule has 3 aromatic rings. The number of carbonyl (C=O) groups excluding carboxylic acids is 3. The number of benzene rings is 3. The molecular weight excluding hydrogens is 524 g/mol. The average molecular weight is 551 g/mol. The van der Waals surface area contributed by atoms with Crippen LogP contribution in [0.1, 0.15) is 23.1 Å². The van der Waals surface area contributed by atoms with Crippen molar-refractivity contribution in [2.24, 2.45) is 5.92 Å². The van der Waals surface area contributed by atoms with Crippen LogP contribution in [0.3, 0.4) is 0 Å². The van der Waals surface area contributed by atoms with Gasteiger partial charge in [-0.15, -0.1) is 0 Å². The Bertz CT molecular complexity index is 1290. The summed E-state index contributed by atoms with van der Waals surface area (Å²) in [4.78, 5) is 39.0. The van der Waals surface area contributed by atoms with Gasteiger partial charge < -0.3 is 19.7 Å². The molecule has 4 rings (SSSR count). The number of ether oxygens (including phenoxy) is 2. The van der Waals surface area contributed by atoms with Crippen molar-refractivity contribution in [3.8, 4) is 11.5 Å². The van der Waals surface area contributed by atoms with E-state index in [-0.39, 0.29) is 18.9 Å². The predicted molar refractivity (Wildman–Crippen MR) is 141 cm³/mol. The number of rotatable bonds is 7. The summed E-state index contributed by atoms with van der Waals surface area (Å²) in [5.41, 5.74) is 4.35. The molecule has 186 valence electrons. The minimum absolute atomic E-state index is 0.0348. The van der Waals surface area contributed by atoms with Crippen molar-refractivity contribution >= 4 is 45.1 Å². The summed E-state index contributed by atoms with van der Waals surface area (Å²) in [6.07, 6.45) is 0.0348. The smallest absolute Gasteiger partial charge is 0.311 e. The van der Waals surface area contributed by atoms with Gasteiger partial charge >= 0.3 is 5.97 Å². The Morgan fingerprint density at radius 3 is 2.28 bits per heavy atom. The van der Waals surface area contributed by atoms with E-state index in [0.717, 1.165) is 26.9 Å². The fraction of sp³-hybridized carbons (Fsp3) is 0.250. The van der Waals surface area contributed by atoms with Gasteiger partial charge in [0.15, 0.2) is 6.61 Å². The normalized spacial score (nSPS) is 15.1. The van der Waals surface area contributed by atoms with E-state index in [9.17, 15) is 14.4 Å². The zero-order chi connectivity index (χ0) is 25.8. The molecule has 0 bridgehead atoms. The highest BCUT2D eigenvalue weighted by molar-refractivity contribution is 9.10. The van der Waals surface area contributed by atoms with E-state index in [1.165, 1.54) is 0 Å². The fourth-order valence-electron chi connectivity index (χ4n) is 3.91. The summed E-state index contributed by atoms with van der Waals surface area (Å²) in [5.74, 6) is -0.433. The van der Waals surface area contributed by atoms with Crippen LogP contribution in [0, 0.1) is 26.7 Å². The minimum atomic E-state index is -0.634. The molecule has 2 amide bonds. The Balaban J connectivity index is 1.30. The van der Waals surface area contributed by atoms with Gasteiger partial charge in [-0.25, -0.2) is 0 Å². The molecule has 0 unspecified atom stereocenters. The van der Waals surface area contributed by atoms with Crippen molar-refractivity contribution in [3.63, 3.8) is 0 Å². The summed E-state index contributed by atoms with van der Waals surface area (Å²) >= 11 is 3.46. The van der Waals surface area contributed by atoms with Crippen molar-refractivity contribution in [2.75, 3.05) is 23.4 Å². The largest absolute Gasteiger partial charge is 0.457 e. The van der Waals surface area contributed by atoms with Gasteiger partial charge in [0.05, 0.1) is 5.92 Å². The molecule has 7 nitrogen and oxygen atoms in total. The molecule has 0 radical (unpaired) electrons. The van der Waals surface area contributed by atoms with E-state index in [2.05, 4.69) is 21.2 Å². The van der Waals surface area contributed by atoms with Gasteiger partial charge in [-0.05, 0) is 80.4 Å². The lowest BCUT2D eigenvalue weighted by Crippen LogP contribution is -2.28. The number of anilines is 2. The number of esters is 1. The zero-order valence-corrected chi connectivity index (χ0v) is 21.9. The first-order chi connectivity index (χ1) is 17.2. The quantitative estimate of drug-likeness (QED) is 0.381. The molecule has 3 aromatic carbocycles. The molecule has 0 spiro atoms. The molecule has 1 aliphatic heterocycles. The molecular formula is C28H27BrN2O5. The Morgan fingerprint density at radius 1 is 0.972 bits per heavy atom. The van der Waals surface area contributed by atoms with Gasteiger partial charge in [-0.2, -0.15) is 0 Å². The van der Waals surface area contributed by atoms with Crippen molar-refractivity contribution in [1.82, 2.24) is 0 Å². The van der Waals surface area contributed by atoms with Crippen LogP contribution in [-0.2, 0) is 19.1 Å². The first-order valence-corrected chi connectivity index (χ1v) is 12.4. The van der Waals surface area contributed by atoms with Crippen molar-refractivity contribution in [3.05, 3.63) is 81.8 Å². The van der Waals surface area contributed by atoms with Gasteiger partial charge in [0, 0.05) is 28.8 Å². The third kappa shape index (κ3) is 6.12. The molecule has 1 atom stereocenters. The second-order valence-corrected chi connectivity index (χ2v) is 9.74. The summed E-state index contributed by atoms with van der Waals surface area (Å²) < 4.78 is 12.0. The molecule has 1 fully saturated rings. The van der Waals surface area contributed by atoms with Crippen LogP contribution in [0.15, 0.2) is 65.1 Å². The van der Waals surface area contributed by atoms with E-state index in [1.807, 2.05) is 57.2 Å². The number of hydrogen-bond donors (Lipinski definition) is 1. The van der Waals surface area contributed by atoms with Crippen LogP contribution in [0.2, 0.25) is 0 Å². The minimum Gasteiger partial charge on any atom is -0.457 e. The second-order valence-electron chi connectivity index (χ2n) is 8.89. The van der Waals surface area contributed by atoms with Crippen molar-refractivity contribution in [2.45, 2.75) is 27.2 Å². The number of halogens is 1. The molecule has 0 saturated carbocycles. The van der Waals surface area contributed by atoms with Gasteiger partial charge in [0.2, 0.25) is 5.91 Å². The SMILES string of the molecule is Cc1ccc(Oc2ccc(N3C[C@H](C(=O)OCC(=O)Nc4cc(C)c(Br)cc4C)CC3=O)cc2)cc1. The standard InChI is InChI=1S/C28H27BrN2O5/c1-17-4-8-22(9-5-17)36-23-10-6-21(7-11-23)31-15-20(14-27(31)33)28(34)35-16-26(32)30-25-13-18(2)24(29)12-19(25)3/h4-13,20H,14-16H2,1-3H3,(H,30,32)/t20-/m1/s1. The maximum atomic E-state index is 12.6. The summed E-state index contributed by atoms with van der Waals surface area (Å²) in [7, 11) is 0. The van der Waals surface area contributed by atoms with Gasteiger partial charge in [0.25, 0.3) is 5.91 Å². The first-order valence-electron chi connectivity index (χ1n) is 11.6. The number of carbonyl (C=O) groups is 3. The molecule has 8 heteroatoms. The van der Waals surface area contributed by atoms with Crippen LogP contribution in [-0.4, -0.2) is 30.9 Å². The Kier molecular flexibility index (Phi) is 7.74. The number of nitrogens with zero attached hydrogens (tertiary/aromatic N) is 1.